The maximum Gasteiger partial charge on any atom is 0.306 e. The third-order valence-electron chi connectivity index (χ3n) is 9.83. The first-order valence-corrected chi connectivity index (χ1v) is 21.3. The zero-order chi connectivity index (χ0) is 36.2. The van der Waals surface area contributed by atoms with E-state index in [-0.39, 0.29) is 31.1 Å². The molecule has 0 N–H and O–H groups in total. The molecule has 6 nitrogen and oxygen atoms in total. The second kappa shape index (κ2) is 36.2. The highest BCUT2D eigenvalue weighted by Gasteiger charge is 2.19. The average molecular weight is 695 g/mol. The lowest BCUT2D eigenvalue weighted by molar-refractivity contribution is -0.167. The molecule has 0 bridgehead atoms. The predicted molar refractivity (Wildman–Crippen MR) is 206 cm³/mol. The molecule has 0 radical (unpaired) electrons. The molecule has 0 aliphatic carbocycles. The minimum absolute atomic E-state index is 0.0666. The highest BCUT2D eigenvalue weighted by Crippen LogP contribution is 2.16. The van der Waals surface area contributed by atoms with E-state index >= 15 is 0 Å². The Hall–Kier alpha value is -1.59. The summed E-state index contributed by atoms with van der Waals surface area (Å²) in [6.45, 7) is 11.2. The quantitative estimate of drug-likeness (QED) is 0.0366. The van der Waals surface area contributed by atoms with Gasteiger partial charge in [-0.05, 0) is 31.1 Å². The normalized spacial score (nSPS) is 12.6. The van der Waals surface area contributed by atoms with Gasteiger partial charge >= 0.3 is 17.9 Å². The lowest BCUT2D eigenvalue weighted by Crippen LogP contribution is -2.30. The van der Waals surface area contributed by atoms with Gasteiger partial charge in [0.05, 0.1) is 0 Å². The van der Waals surface area contributed by atoms with E-state index in [4.69, 9.17) is 14.2 Å². The Morgan fingerprint density at radius 1 is 0.429 bits per heavy atom. The van der Waals surface area contributed by atoms with Crippen molar-refractivity contribution in [2.24, 2.45) is 11.8 Å². The van der Waals surface area contributed by atoms with Crippen LogP contribution in [-0.2, 0) is 28.6 Å². The van der Waals surface area contributed by atoms with Crippen LogP contribution in [0.15, 0.2) is 0 Å². The van der Waals surface area contributed by atoms with Crippen molar-refractivity contribution in [3.05, 3.63) is 0 Å². The molecule has 0 aliphatic rings. The summed E-state index contributed by atoms with van der Waals surface area (Å²) < 4.78 is 16.6. The Balaban J connectivity index is 4.36. The number of hydrogen-bond donors (Lipinski definition) is 0. The van der Waals surface area contributed by atoms with Crippen molar-refractivity contribution >= 4 is 17.9 Å². The topological polar surface area (TPSA) is 78.9 Å². The molecule has 290 valence electrons. The minimum Gasteiger partial charge on any atom is -0.462 e. The van der Waals surface area contributed by atoms with Gasteiger partial charge in [0.25, 0.3) is 0 Å². The molecular weight excluding hydrogens is 612 g/mol. The number of esters is 3. The molecule has 0 aromatic heterocycles. The van der Waals surface area contributed by atoms with Crippen LogP contribution in [0, 0.1) is 11.8 Å². The second-order valence-electron chi connectivity index (χ2n) is 15.3. The monoisotopic (exact) mass is 695 g/mol. The smallest absolute Gasteiger partial charge is 0.306 e. The maximum atomic E-state index is 12.6. The van der Waals surface area contributed by atoms with Crippen molar-refractivity contribution < 1.29 is 28.6 Å². The highest BCUT2D eigenvalue weighted by atomic mass is 16.6. The molecule has 0 saturated carbocycles. The first-order chi connectivity index (χ1) is 23.8. The zero-order valence-corrected chi connectivity index (χ0v) is 33.3. The van der Waals surface area contributed by atoms with E-state index in [1.165, 1.54) is 116 Å². The van der Waals surface area contributed by atoms with E-state index < -0.39 is 6.10 Å². The summed E-state index contributed by atoms with van der Waals surface area (Å²) in [6.07, 6.45) is 32.3. The van der Waals surface area contributed by atoms with Crippen molar-refractivity contribution in [3.8, 4) is 0 Å². The number of ether oxygens (including phenoxy) is 3. The van der Waals surface area contributed by atoms with Crippen molar-refractivity contribution in [2.75, 3.05) is 13.2 Å². The Morgan fingerprint density at radius 2 is 0.776 bits per heavy atom. The fraction of sp³-hybridized carbons (Fsp3) is 0.930. The van der Waals surface area contributed by atoms with Crippen molar-refractivity contribution in [3.63, 3.8) is 0 Å². The van der Waals surface area contributed by atoms with Gasteiger partial charge in [-0.1, -0.05) is 189 Å². The second-order valence-corrected chi connectivity index (χ2v) is 15.3. The van der Waals surface area contributed by atoms with Gasteiger partial charge in [0.1, 0.15) is 13.2 Å². The van der Waals surface area contributed by atoms with E-state index in [2.05, 4.69) is 34.6 Å². The summed E-state index contributed by atoms with van der Waals surface area (Å²) in [5.74, 6) is 0.744. The SMILES string of the molecule is CCCCCCCCCCCCC(=O)O[C@@H](COC(=O)CCCCCCCCCCC(C)C)COC(=O)CCCCCCCCC(C)CC. The molecule has 0 spiro atoms. The van der Waals surface area contributed by atoms with Crippen LogP contribution in [0.1, 0.15) is 227 Å². The number of rotatable bonds is 37. The standard InChI is InChI=1S/C43H82O6/c1-6-8-9-10-11-12-13-18-25-30-35-43(46)49-40(37-48-42(45)34-29-24-20-19-22-27-32-39(5)7-2)36-47-41(44)33-28-23-17-15-14-16-21-26-31-38(3)4/h38-40H,6-37H2,1-5H3/t39?,40-/m0/s1. The number of carbonyl (C=O) groups excluding carboxylic acids is 3. The third kappa shape index (κ3) is 36.0. The molecule has 0 rings (SSSR count). The van der Waals surface area contributed by atoms with E-state index in [9.17, 15) is 14.4 Å². The third-order valence-corrected chi connectivity index (χ3v) is 9.83. The van der Waals surface area contributed by atoms with Gasteiger partial charge < -0.3 is 14.2 Å². The lowest BCUT2D eigenvalue weighted by atomic mass is 10.00. The van der Waals surface area contributed by atoms with E-state index in [1.807, 2.05) is 0 Å². The average Bonchev–Trinajstić information content (AvgIpc) is 3.08. The number of unbranched alkanes of at least 4 members (excludes halogenated alkanes) is 21. The highest BCUT2D eigenvalue weighted by molar-refractivity contribution is 5.71. The summed E-state index contributed by atoms with van der Waals surface area (Å²) in [7, 11) is 0. The van der Waals surface area contributed by atoms with E-state index in [1.54, 1.807) is 0 Å². The Labute approximate surface area is 304 Å². The van der Waals surface area contributed by atoms with E-state index in [0.717, 1.165) is 69.6 Å². The predicted octanol–water partition coefficient (Wildman–Crippen LogP) is 13.0. The van der Waals surface area contributed by atoms with Crippen LogP contribution in [-0.4, -0.2) is 37.2 Å². The molecule has 6 heteroatoms. The van der Waals surface area contributed by atoms with Gasteiger partial charge in [-0.15, -0.1) is 0 Å². The van der Waals surface area contributed by atoms with Gasteiger partial charge in [0, 0.05) is 19.3 Å². The van der Waals surface area contributed by atoms with E-state index in [0.29, 0.717) is 19.3 Å². The molecule has 2 atom stereocenters. The van der Waals surface area contributed by atoms with Crippen LogP contribution in [0.3, 0.4) is 0 Å². The Kier molecular flexibility index (Phi) is 35.0. The largest absolute Gasteiger partial charge is 0.462 e. The Bertz CT molecular complexity index is 751. The van der Waals surface area contributed by atoms with Crippen LogP contribution >= 0.6 is 0 Å². The van der Waals surface area contributed by atoms with Crippen LogP contribution in [0.25, 0.3) is 0 Å². The van der Waals surface area contributed by atoms with Gasteiger partial charge in [-0.2, -0.15) is 0 Å². The molecular formula is C43H82O6. The van der Waals surface area contributed by atoms with Crippen LogP contribution < -0.4 is 0 Å². The lowest BCUT2D eigenvalue weighted by Gasteiger charge is -2.18. The molecule has 0 aromatic rings. The molecule has 1 unspecified atom stereocenters. The minimum atomic E-state index is -0.760. The fourth-order valence-corrected chi connectivity index (χ4v) is 6.19. The molecule has 0 aromatic carbocycles. The van der Waals surface area contributed by atoms with Crippen molar-refractivity contribution in [1.82, 2.24) is 0 Å². The summed E-state index contributed by atoms with van der Waals surface area (Å²) in [4.78, 5) is 37.5. The fourth-order valence-electron chi connectivity index (χ4n) is 6.19. The summed E-state index contributed by atoms with van der Waals surface area (Å²) in [6, 6.07) is 0. The molecule has 49 heavy (non-hydrogen) atoms. The zero-order valence-electron chi connectivity index (χ0n) is 33.3. The van der Waals surface area contributed by atoms with Gasteiger partial charge in [-0.25, -0.2) is 0 Å². The molecule has 0 aliphatic heterocycles. The first-order valence-electron chi connectivity index (χ1n) is 21.3. The van der Waals surface area contributed by atoms with Crippen LogP contribution in [0.4, 0.5) is 0 Å². The molecule has 0 fully saturated rings. The number of hydrogen-bond acceptors (Lipinski definition) is 6. The van der Waals surface area contributed by atoms with Gasteiger partial charge in [0.15, 0.2) is 6.10 Å². The summed E-state index contributed by atoms with van der Waals surface area (Å²) in [5, 5.41) is 0. The van der Waals surface area contributed by atoms with Gasteiger partial charge in [0.2, 0.25) is 0 Å². The number of carbonyl (C=O) groups is 3. The molecule has 0 amide bonds. The summed E-state index contributed by atoms with van der Waals surface area (Å²) >= 11 is 0. The molecule has 0 heterocycles. The first kappa shape index (κ1) is 47.4. The van der Waals surface area contributed by atoms with Crippen LogP contribution in [0.5, 0.6) is 0 Å². The maximum absolute atomic E-state index is 12.6. The van der Waals surface area contributed by atoms with Crippen molar-refractivity contribution in [1.29, 1.82) is 0 Å². The molecule has 0 saturated heterocycles. The Morgan fingerprint density at radius 3 is 1.16 bits per heavy atom. The summed E-state index contributed by atoms with van der Waals surface area (Å²) in [5.41, 5.74) is 0. The van der Waals surface area contributed by atoms with Crippen molar-refractivity contribution in [2.45, 2.75) is 233 Å². The van der Waals surface area contributed by atoms with Crippen LogP contribution in [0.2, 0.25) is 0 Å². The van der Waals surface area contributed by atoms with Gasteiger partial charge in [-0.3, -0.25) is 14.4 Å².